The maximum atomic E-state index is 13.4. The van der Waals surface area contributed by atoms with E-state index in [1.807, 2.05) is 0 Å². The van der Waals surface area contributed by atoms with Crippen molar-refractivity contribution in [3.63, 3.8) is 0 Å². The van der Waals surface area contributed by atoms with E-state index in [4.69, 9.17) is 0 Å². The Morgan fingerprint density at radius 3 is 2.50 bits per heavy atom. The van der Waals surface area contributed by atoms with Gasteiger partial charge in [-0.15, -0.1) is 0 Å². The molecule has 0 saturated heterocycles. The number of aryl methyl sites for hydroxylation is 2. The van der Waals surface area contributed by atoms with Gasteiger partial charge in [-0.25, -0.2) is 4.39 Å². The summed E-state index contributed by atoms with van der Waals surface area (Å²) in [6.45, 7) is 3.84. The molecule has 4 nitrogen and oxygen atoms in total. The summed E-state index contributed by atoms with van der Waals surface area (Å²) in [7, 11) is 0. The second kappa shape index (κ2) is 4.60. The van der Waals surface area contributed by atoms with Gasteiger partial charge in [-0.2, -0.15) is 0 Å². The number of benzene rings is 1. The van der Waals surface area contributed by atoms with Crippen LogP contribution < -0.4 is 11.1 Å². The first-order valence-electron chi connectivity index (χ1n) is 5.63. The highest BCUT2D eigenvalue weighted by Crippen LogP contribution is 2.11. The van der Waals surface area contributed by atoms with Crippen LogP contribution in [0.15, 0.2) is 40.2 Å². The predicted octanol–water partition coefficient (Wildman–Crippen LogP) is 1.47. The lowest BCUT2D eigenvalue weighted by Gasteiger charge is -2.08. The Labute approximate surface area is 103 Å². The topological polar surface area (TPSA) is 44.0 Å². The largest absolute Gasteiger partial charge is 0.320 e. The van der Waals surface area contributed by atoms with Crippen molar-refractivity contribution in [2.45, 2.75) is 20.4 Å². The first-order valence-corrected chi connectivity index (χ1v) is 5.63. The van der Waals surface area contributed by atoms with Gasteiger partial charge in [0.1, 0.15) is 5.82 Å². The Balaban J connectivity index is 2.65. The van der Waals surface area contributed by atoms with Crippen LogP contribution in [-0.4, -0.2) is 9.13 Å². The minimum absolute atomic E-state index is 0.350. The summed E-state index contributed by atoms with van der Waals surface area (Å²) in [5.74, 6) is -0.404. The number of hydrogen-bond donors (Lipinski definition) is 0. The third-order valence-electron chi connectivity index (χ3n) is 2.83. The summed E-state index contributed by atoms with van der Waals surface area (Å²) < 4.78 is 15.9. The molecule has 2 aromatic rings. The Kier molecular flexibility index (Phi) is 3.14. The van der Waals surface area contributed by atoms with Gasteiger partial charge < -0.3 is 4.57 Å². The number of aromatic nitrogens is 2. The molecule has 0 aliphatic heterocycles. The van der Waals surface area contributed by atoms with Crippen molar-refractivity contribution in [2.75, 3.05) is 0 Å². The lowest BCUT2D eigenvalue weighted by molar-refractivity contribution is 0.616. The first kappa shape index (κ1) is 12.3. The van der Waals surface area contributed by atoms with E-state index in [0.717, 1.165) is 4.57 Å². The number of halogens is 1. The molecule has 1 heterocycles. The van der Waals surface area contributed by atoms with Crippen LogP contribution in [0.25, 0.3) is 5.69 Å². The van der Waals surface area contributed by atoms with Gasteiger partial charge in [0.05, 0.1) is 5.69 Å². The van der Waals surface area contributed by atoms with Crippen molar-refractivity contribution in [1.82, 2.24) is 9.13 Å². The molecule has 0 amide bonds. The average molecular weight is 248 g/mol. The van der Waals surface area contributed by atoms with E-state index in [2.05, 4.69) is 0 Å². The zero-order valence-electron chi connectivity index (χ0n) is 10.2. The highest BCUT2D eigenvalue weighted by molar-refractivity contribution is 5.35. The predicted molar refractivity (Wildman–Crippen MR) is 66.7 cm³/mol. The Hall–Kier alpha value is -2.17. The summed E-state index contributed by atoms with van der Waals surface area (Å²) in [4.78, 5) is 23.5. The van der Waals surface area contributed by atoms with E-state index in [1.165, 1.54) is 23.0 Å². The minimum atomic E-state index is -0.678. The molecule has 0 saturated carbocycles. The lowest BCUT2D eigenvalue weighted by Crippen LogP contribution is -2.39. The molecular formula is C13H13FN2O2. The van der Waals surface area contributed by atoms with E-state index < -0.39 is 16.9 Å². The van der Waals surface area contributed by atoms with Crippen LogP contribution >= 0.6 is 0 Å². The molecule has 0 N–H and O–H groups in total. The number of nitrogens with zero attached hydrogens (tertiary/aromatic N) is 2. The molecule has 0 spiro atoms. The number of rotatable bonds is 2. The highest BCUT2D eigenvalue weighted by Gasteiger charge is 2.07. The second-order valence-electron chi connectivity index (χ2n) is 4.00. The molecule has 0 aliphatic carbocycles. The zero-order chi connectivity index (χ0) is 13.3. The van der Waals surface area contributed by atoms with Crippen LogP contribution in [0.3, 0.4) is 0 Å². The van der Waals surface area contributed by atoms with Crippen LogP contribution in [0.4, 0.5) is 4.39 Å². The van der Waals surface area contributed by atoms with Crippen LogP contribution in [0.2, 0.25) is 0 Å². The average Bonchev–Trinajstić information content (AvgIpc) is 2.36. The molecule has 2 rings (SSSR count). The molecule has 0 fully saturated rings. The third-order valence-corrected chi connectivity index (χ3v) is 2.83. The van der Waals surface area contributed by atoms with Crippen LogP contribution in [0, 0.1) is 12.7 Å². The normalized spacial score (nSPS) is 10.6. The summed E-state index contributed by atoms with van der Waals surface area (Å²) in [6.07, 6.45) is 2.98. The molecule has 5 heteroatoms. The Morgan fingerprint density at radius 2 is 1.89 bits per heavy atom. The van der Waals surface area contributed by atoms with Crippen molar-refractivity contribution >= 4 is 0 Å². The van der Waals surface area contributed by atoms with Crippen LogP contribution in [0.5, 0.6) is 0 Å². The van der Waals surface area contributed by atoms with E-state index in [-0.39, 0.29) is 0 Å². The van der Waals surface area contributed by atoms with Gasteiger partial charge in [-0.05, 0) is 31.5 Å². The molecule has 0 radical (unpaired) electrons. The van der Waals surface area contributed by atoms with Gasteiger partial charge in [-0.3, -0.25) is 14.2 Å². The van der Waals surface area contributed by atoms with E-state index in [9.17, 15) is 14.0 Å². The smallest absolute Gasteiger partial charge is 0.310 e. The standard InChI is InChI=1S/C13H13FN2O2/c1-3-15-6-7-16(13(18)12(15)17)10-5-4-9(2)11(14)8-10/h4-8H,3H2,1-2H3. The number of hydrogen-bond acceptors (Lipinski definition) is 2. The van der Waals surface area contributed by atoms with Gasteiger partial charge in [-0.1, -0.05) is 6.07 Å². The SMILES string of the molecule is CCn1ccn(-c2ccc(C)c(F)c2)c(=O)c1=O. The van der Waals surface area contributed by atoms with Crippen LogP contribution in [-0.2, 0) is 6.54 Å². The summed E-state index contributed by atoms with van der Waals surface area (Å²) >= 11 is 0. The van der Waals surface area contributed by atoms with Crippen LogP contribution in [0.1, 0.15) is 12.5 Å². The van der Waals surface area contributed by atoms with Gasteiger partial charge in [0.15, 0.2) is 0 Å². The summed E-state index contributed by atoms with van der Waals surface area (Å²) in [6, 6.07) is 4.42. The Bertz CT molecular complexity index is 701. The molecular weight excluding hydrogens is 235 g/mol. The fraction of sp³-hybridized carbons (Fsp3) is 0.231. The van der Waals surface area contributed by atoms with Crippen molar-refractivity contribution < 1.29 is 4.39 Å². The first-order chi connectivity index (χ1) is 8.54. The monoisotopic (exact) mass is 248 g/mol. The molecule has 1 aromatic carbocycles. The van der Waals surface area contributed by atoms with E-state index >= 15 is 0 Å². The Morgan fingerprint density at radius 1 is 1.17 bits per heavy atom. The molecule has 0 aliphatic rings. The maximum absolute atomic E-state index is 13.4. The lowest BCUT2D eigenvalue weighted by atomic mass is 10.2. The maximum Gasteiger partial charge on any atom is 0.320 e. The van der Waals surface area contributed by atoms with Gasteiger partial charge >= 0.3 is 11.1 Å². The fourth-order valence-electron chi connectivity index (χ4n) is 1.69. The van der Waals surface area contributed by atoms with Crippen molar-refractivity contribution in [1.29, 1.82) is 0 Å². The highest BCUT2D eigenvalue weighted by atomic mass is 19.1. The quantitative estimate of drug-likeness (QED) is 0.755. The molecule has 0 unspecified atom stereocenters. The molecule has 0 bridgehead atoms. The molecule has 18 heavy (non-hydrogen) atoms. The molecule has 94 valence electrons. The summed E-state index contributed by atoms with van der Waals surface area (Å²) in [5.41, 5.74) is -0.444. The van der Waals surface area contributed by atoms with Crippen molar-refractivity contribution in [3.05, 3.63) is 62.7 Å². The zero-order valence-corrected chi connectivity index (χ0v) is 10.2. The minimum Gasteiger partial charge on any atom is -0.310 e. The van der Waals surface area contributed by atoms with Crippen molar-refractivity contribution in [3.8, 4) is 5.69 Å². The van der Waals surface area contributed by atoms with Gasteiger partial charge in [0, 0.05) is 18.9 Å². The molecule has 1 aromatic heterocycles. The van der Waals surface area contributed by atoms with E-state index in [1.54, 1.807) is 26.0 Å². The van der Waals surface area contributed by atoms with Gasteiger partial charge in [0.2, 0.25) is 0 Å². The second-order valence-corrected chi connectivity index (χ2v) is 4.00. The summed E-state index contributed by atoms with van der Waals surface area (Å²) in [5, 5.41) is 0. The van der Waals surface area contributed by atoms with E-state index in [0.29, 0.717) is 17.8 Å². The van der Waals surface area contributed by atoms with Gasteiger partial charge in [0.25, 0.3) is 0 Å². The fourth-order valence-corrected chi connectivity index (χ4v) is 1.69. The van der Waals surface area contributed by atoms with Crippen molar-refractivity contribution in [2.24, 2.45) is 0 Å². The molecule has 0 atom stereocenters. The third kappa shape index (κ3) is 1.99.